The average Bonchev–Trinajstić information content (AvgIpc) is 3.18. The topological polar surface area (TPSA) is 89.8 Å². The highest BCUT2D eigenvalue weighted by Gasteiger charge is 2.23. The lowest BCUT2D eigenvalue weighted by Gasteiger charge is -2.17. The average molecular weight is 432 g/mol. The van der Waals surface area contributed by atoms with E-state index >= 15 is 0 Å². The Morgan fingerprint density at radius 3 is 2.93 bits per heavy atom. The summed E-state index contributed by atoms with van der Waals surface area (Å²) in [5.74, 6) is -0.185. The van der Waals surface area contributed by atoms with E-state index in [1.165, 1.54) is 21.8 Å². The molecular formula is C20H21N3O4S2. The molecule has 1 aromatic carbocycles. The standard InChI is InChI=1S/C20H21N3O4S2/c1-13-4-3-5-14(10-13)18(25)22-16(6-8-28-2)19(26)27-12-15-11-17(24)23-7-9-29-20(23)21-15/h3-5,7,9-11,16H,6,8,12H2,1-2H3,(H,22,25)/t16-/m0/s1. The second-order valence-electron chi connectivity index (χ2n) is 6.43. The Morgan fingerprint density at radius 1 is 1.34 bits per heavy atom. The van der Waals surface area contributed by atoms with Crippen LogP contribution >= 0.6 is 23.1 Å². The molecule has 1 amide bonds. The fraction of sp³-hybridized carbons (Fsp3) is 0.300. The fourth-order valence-electron chi connectivity index (χ4n) is 2.72. The fourth-order valence-corrected chi connectivity index (χ4v) is 3.93. The molecule has 7 nitrogen and oxygen atoms in total. The number of hydrogen-bond acceptors (Lipinski definition) is 7. The summed E-state index contributed by atoms with van der Waals surface area (Å²) in [6.45, 7) is 1.77. The van der Waals surface area contributed by atoms with E-state index < -0.39 is 12.0 Å². The molecule has 2 heterocycles. The van der Waals surface area contributed by atoms with Gasteiger partial charge in [-0.25, -0.2) is 9.78 Å². The molecule has 3 rings (SSSR count). The summed E-state index contributed by atoms with van der Waals surface area (Å²) in [5, 5.41) is 4.52. The number of thioether (sulfide) groups is 1. The molecule has 0 saturated carbocycles. The van der Waals surface area contributed by atoms with Crippen LogP contribution in [0.1, 0.15) is 28.0 Å². The Kier molecular flexibility index (Phi) is 7.05. The van der Waals surface area contributed by atoms with E-state index in [9.17, 15) is 14.4 Å². The van der Waals surface area contributed by atoms with Crippen LogP contribution in [0.5, 0.6) is 0 Å². The van der Waals surface area contributed by atoms with E-state index in [2.05, 4.69) is 10.3 Å². The smallest absolute Gasteiger partial charge is 0.329 e. The first-order chi connectivity index (χ1) is 14.0. The number of hydrogen-bond donors (Lipinski definition) is 1. The molecule has 0 aliphatic heterocycles. The van der Waals surface area contributed by atoms with Gasteiger partial charge in [0.15, 0.2) is 4.96 Å². The summed E-state index contributed by atoms with van der Waals surface area (Å²) < 4.78 is 6.79. The maximum Gasteiger partial charge on any atom is 0.329 e. The van der Waals surface area contributed by atoms with E-state index in [0.29, 0.717) is 28.4 Å². The molecule has 0 saturated heterocycles. The zero-order chi connectivity index (χ0) is 20.8. The molecule has 0 fully saturated rings. The third kappa shape index (κ3) is 5.45. The predicted octanol–water partition coefficient (Wildman–Crippen LogP) is 2.66. The lowest BCUT2D eigenvalue weighted by atomic mass is 10.1. The van der Waals surface area contributed by atoms with Crippen LogP contribution < -0.4 is 10.9 Å². The van der Waals surface area contributed by atoms with Gasteiger partial charge in [-0.2, -0.15) is 11.8 Å². The van der Waals surface area contributed by atoms with Crippen LogP contribution in [0.3, 0.4) is 0 Å². The van der Waals surface area contributed by atoms with Crippen molar-refractivity contribution < 1.29 is 14.3 Å². The lowest BCUT2D eigenvalue weighted by molar-refractivity contribution is -0.147. The van der Waals surface area contributed by atoms with Crippen LogP contribution in [0.4, 0.5) is 0 Å². The Morgan fingerprint density at radius 2 is 2.17 bits per heavy atom. The predicted molar refractivity (Wildman–Crippen MR) is 115 cm³/mol. The third-order valence-corrected chi connectivity index (χ3v) is 5.60. The maximum absolute atomic E-state index is 12.6. The quantitative estimate of drug-likeness (QED) is 0.552. The summed E-state index contributed by atoms with van der Waals surface area (Å²) in [6, 6.07) is 7.73. The Labute approximate surface area is 176 Å². The van der Waals surface area contributed by atoms with Gasteiger partial charge in [-0.1, -0.05) is 17.7 Å². The van der Waals surface area contributed by atoms with Gasteiger partial charge in [-0.3, -0.25) is 14.0 Å². The van der Waals surface area contributed by atoms with Crippen molar-refractivity contribution in [3.8, 4) is 0 Å². The number of aryl methyl sites for hydroxylation is 1. The molecule has 9 heteroatoms. The number of thiazole rings is 1. The second-order valence-corrected chi connectivity index (χ2v) is 8.28. The molecule has 0 aliphatic rings. The minimum Gasteiger partial charge on any atom is -0.458 e. The molecular weight excluding hydrogens is 410 g/mol. The van der Waals surface area contributed by atoms with E-state index in [-0.39, 0.29) is 18.1 Å². The van der Waals surface area contributed by atoms with Crippen LogP contribution in [0, 0.1) is 6.92 Å². The van der Waals surface area contributed by atoms with E-state index in [4.69, 9.17) is 4.74 Å². The van der Waals surface area contributed by atoms with Gasteiger partial charge in [0, 0.05) is 23.2 Å². The first kappa shape index (κ1) is 21.1. The van der Waals surface area contributed by atoms with Gasteiger partial charge in [0.05, 0.1) is 5.69 Å². The molecule has 0 aliphatic carbocycles. The van der Waals surface area contributed by atoms with Crippen molar-refractivity contribution in [2.24, 2.45) is 0 Å². The molecule has 1 N–H and O–H groups in total. The normalized spacial score (nSPS) is 11.9. The summed E-state index contributed by atoms with van der Waals surface area (Å²) in [4.78, 5) is 42.0. The highest BCUT2D eigenvalue weighted by molar-refractivity contribution is 7.98. The number of fused-ring (bicyclic) bond motifs is 1. The number of carbonyl (C=O) groups is 2. The maximum atomic E-state index is 12.6. The SMILES string of the molecule is CSCC[C@H](NC(=O)c1cccc(C)c1)C(=O)OCc1cc(=O)n2ccsc2n1. The summed E-state index contributed by atoms with van der Waals surface area (Å²) in [5.41, 5.74) is 1.60. The van der Waals surface area contributed by atoms with Crippen LogP contribution in [-0.4, -0.2) is 39.3 Å². The number of esters is 1. The van der Waals surface area contributed by atoms with Crippen molar-refractivity contribution in [2.75, 3.05) is 12.0 Å². The summed E-state index contributed by atoms with van der Waals surface area (Å²) in [6.07, 6.45) is 4.01. The summed E-state index contributed by atoms with van der Waals surface area (Å²) in [7, 11) is 0. The number of nitrogens with zero attached hydrogens (tertiary/aromatic N) is 2. The lowest BCUT2D eigenvalue weighted by Crippen LogP contribution is -2.42. The molecule has 0 bridgehead atoms. The zero-order valence-corrected chi connectivity index (χ0v) is 17.7. The number of nitrogens with one attached hydrogen (secondary N) is 1. The van der Waals surface area contributed by atoms with Gasteiger partial charge in [-0.05, 0) is 37.5 Å². The van der Waals surface area contributed by atoms with Crippen LogP contribution in [0.15, 0.2) is 46.7 Å². The Bertz CT molecular complexity index is 1080. The number of ether oxygens (including phenoxy) is 1. The van der Waals surface area contributed by atoms with Crippen LogP contribution in [-0.2, 0) is 16.1 Å². The van der Waals surface area contributed by atoms with Gasteiger partial charge in [0.25, 0.3) is 11.5 Å². The van der Waals surface area contributed by atoms with E-state index in [0.717, 1.165) is 5.56 Å². The van der Waals surface area contributed by atoms with Crippen molar-refractivity contribution in [3.63, 3.8) is 0 Å². The Balaban J connectivity index is 1.67. The monoisotopic (exact) mass is 431 g/mol. The van der Waals surface area contributed by atoms with Gasteiger partial charge in [0.1, 0.15) is 12.6 Å². The first-order valence-electron chi connectivity index (χ1n) is 8.97. The van der Waals surface area contributed by atoms with E-state index in [1.807, 2.05) is 19.2 Å². The van der Waals surface area contributed by atoms with Crippen LogP contribution in [0.25, 0.3) is 4.96 Å². The Hall–Kier alpha value is -2.65. The van der Waals surface area contributed by atoms with Crippen molar-refractivity contribution in [1.29, 1.82) is 0 Å². The highest BCUT2D eigenvalue weighted by atomic mass is 32.2. The molecule has 0 unspecified atom stereocenters. The molecule has 29 heavy (non-hydrogen) atoms. The number of carbonyl (C=O) groups excluding carboxylic acids is 2. The van der Waals surface area contributed by atoms with E-state index in [1.54, 1.807) is 41.5 Å². The zero-order valence-electron chi connectivity index (χ0n) is 16.1. The molecule has 0 radical (unpaired) electrons. The molecule has 3 aromatic rings. The van der Waals surface area contributed by atoms with Gasteiger partial charge < -0.3 is 10.1 Å². The van der Waals surface area contributed by atoms with Crippen molar-refractivity contribution in [2.45, 2.75) is 26.0 Å². The number of rotatable bonds is 8. The molecule has 152 valence electrons. The largest absolute Gasteiger partial charge is 0.458 e. The molecule has 1 atom stereocenters. The van der Waals surface area contributed by atoms with Crippen molar-refractivity contribution in [1.82, 2.24) is 14.7 Å². The highest BCUT2D eigenvalue weighted by Crippen LogP contribution is 2.10. The molecule has 0 spiro atoms. The first-order valence-corrected chi connectivity index (χ1v) is 11.2. The third-order valence-electron chi connectivity index (χ3n) is 4.20. The van der Waals surface area contributed by atoms with Crippen molar-refractivity contribution in [3.05, 3.63) is 69.1 Å². The minimum absolute atomic E-state index is 0.126. The minimum atomic E-state index is -0.776. The molecule has 2 aromatic heterocycles. The summed E-state index contributed by atoms with van der Waals surface area (Å²) >= 11 is 2.90. The van der Waals surface area contributed by atoms with Gasteiger partial charge >= 0.3 is 5.97 Å². The van der Waals surface area contributed by atoms with Crippen LogP contribution in [0.2, 0.25) is 0 Å². The number of aromatic nitrogens is 2. The van der Waals surface area contributed by atoms with Crippen molar-refractivity contribution >= 4 is 39.9 Å². The number of amides is 1. The van der Waals surface area contributed by atoms with Gasteiger partial charge in [0.2, 0.25) is 0 Å². The second kappa shape index (κ2) is 9.71. The van der Waals surface area contributed by atoms with Gasteiger partial charge in [-0.15, -0.1) is 11.3 Å². The number of benzene rings is 1.